The Morgan fingerprint density at radius 3 is 2.85 bits per heavy atom. The number of alkyl halides is 2. The van der Waals surface area contributed by atoms with Crippen LogP contribution in [0.5, 0.6) is 0 Å². The molecule has 0 saturated carbocycles. The van der Waals surface area contributed by atoms with E-state index in [1.165, 1.54) is 11.3 Å². The van der Waals surface area contributed by atoms with Crippen LogP contribution in [0.4, 0.5) is 13.9 Å². The Balaban J connectivity index is 1.87. The molecule has 1 fully saturated rings. The SMILES string of the molecule is Cc1csc(N2CCCC2c2nc3ccccc3c(=O)n2CC(F)F)n1. The van der Waals surface area contributed by atoms with Crippen LogP contribution in [0.25, 0.3) is 10.9 Å². The Bertz CT molecular complexity index is 1000. The maximum atomic E-state index is 13.2. The van der Waals surface area contributed by atoms with Gasteiger partial charge in [0.15, 0.2) is 5.13 Å². The number of fused-ring (bicyclic) bond motifs is 1. The van der Waals surface area contributed by atoms with Gasteiger partial charge in [-0.15, -0.1) is 11.3 Å². The summed E-state index contributed by atoms with van der Waals surface area (Å²) in [5, 5.41) is 3.17. The second-order valence-corrected chi connectivity index (χ2v) is 7.25. The van der Waals surface area contributed by atoms with Gasteiger partial charge < -0.3 is 4.90 Å². The summed E-state index contributed by atoms with van der Waals surface area (Å²) < 4.78 is 27.5. The van der Waals surface area contributed by atoms with Crippen LogP contribution >= 0.6 is 11.3 Å². The molecule has 0 N–H and O–H groups in total. The molecule has 3 heterocycles. The number of halogens is 2. The highest BCUT2D eigenvalue weighted by molar-refractivity contribution is 7.13. The molecule has 0 bridgehead atoms. The Morgan fingerprint density at radius 2 is 2.12 bits per heavy atom. The quantitative estimate of drug-likeness (QED) is 0.696. The number of anilines is 1. The summed E-state index contributed by atoms with van der Waals surface area (Å²) in [5.74, 6) is 0.402. The van der Waals surface area contributed by atoms with Crippen molar-refractivity contribution in [3.63, 3.8) is 0 Å². The highest BCUT2D eigenvalue weighted by Crippen LogP contribution is 2.37. The van der Waals surface area contributed by atoms with Crippen molar-refractivity contribution in [1.29, 1.82) is 0 Å². The lowest BCUT2D eigenvalue weighted by molar-refractivity contribution is 0.123. The molecule has 5 nitrogen and oxygen atoms in total. The van der Waals surface area contributed by atoms with E-state index in [2.05, 4.69) is 14.9 Å². The minimum atomic E-state index is -2.62. The number of aromatic nitrogens is 3. The molecule has 8 heteroatoms. The summed E-state index contributed by atoms with van der Waals surface area (Å²) >= 11 is 1.52. The fourth-order valence-electron chi connectivity index (χ4n) is 3.49. The van der Waals surface area contributed by atoms with Crippen molar-refractivity contribution in [3.05, 3.63) is 51.5 Å². The molecule has 1 atom stereocenters. The van der Waals surface area contributed by atoms with Gasteiger partial charge in [-0.25, -0.2) is 18.7 Å². The molecule has 1 unspecified atom stereocenters. The van der Waals surface area contributed by atoms with Gasteiger partial charge in [-0.2, -0.15) is 0 Å². The molecule has 2 aromatic heterocycles. The Kier molecular flexibility index (Phi) is 4.44. The van der Waals surface area contributed by atoms with Crippen LogP contribution < -0.4 is 10.5 Å². The average molecular weight is 376 g/mol. The number of para-hydroxylation sites is 1. The van der Waals surface area contributed by atoms with Gasteiger partial charge in [0.25, 0.3) is 12.0 Å². The molecular formula is C18H18F2N4OS. The van der Waals surface area contributed by atoms with Gasteiger partial charge >= 0.3 is 0 Å². The zero-order valence-electron chi connectivity index (χ0n) is 14.2. The van der Waals surface area contributed by atoms with Crippen molar-refractivity contribution in [3.8, 4) is 0 Å². The molecule has 1 aliphatic rings. The number of nitrogens with zero attached hydrogens (tertiary/aromatic N) is 4. The van der Waals surface area contributed by atoms with Crippen molar-refractivity contribution < 1.29 is 8.78 Å². The molecule has 1 saturated heterocycles. The van der Waals surface area contributed by atoms with E-state index in [1.54, 1.807) is 24.3 Å². The van der Waals surface area contributed by atoms with Crippen molar-refractivity contribution in [2.24, 2.45) is 0 Å². The number of benzene rings is 1. The molecule has 0 amide bonds. The Labute approximate surface area is 152 Å². The van der Waals surface area contributed by atoms with Gasteiger partial charge in [0, 0.05) is 11.9 Å². The highest BCUT2D eigenvalue weighted by Gasteiger charge is 2.32. The Morgan fingerprint density at radius 1 is 1.31 bits per heavy atom. The van der Waals surface area contributed by atoms with Crippen LogP contribution in [0.2, 0.25) is 0 Å². The summed E-state index contributed by atoms with van der Waals surface area (Å²) in [6, 6.07) is 6.67. The fraction of sp³-hybridized carbons (Fsp3) is 0.389. The molecular weight excluding hydrogens is 358 g/mol. The molecule has 1 aliphatic heterocycles. The normalized spacial score (nSPS) is 17.5. The van der Waals surface area contributed by atoms with E-state index in [-0.39, 0.29) is 6.04 Å². The second-order valence-electron chi connectivity index (χ2n) is 6.42. The minimum absolute atomic E-state index is 0.225. The number of thiazole rings is 1. The fourth-order valence-corrected chi connectivity index (χ4v) is 4.37. The topological polar surface area (TPSA) is 51.0 Å². The smallest absolute Gasteiger partial charge is 0.261 e. The van der Waals surface area contributed by atoms with E-state index in [0.29, 0.717) is 16.7 Å². The van der Waals surface area contributed by atoms with E-state index in [0.717, 1.165) is 34.8 Å². The Hall–Kier alpha value is -2.35. The first kappa shape index (κ1) is 17.1. The first-order valence-corrected chi connectivity index (χ1v) is 9.39. The third-order valence-electron chi connectivity index (χ3n) is 4.62. The molecule has 1 aromatic carbocycles. The van der Waals surface area contributed by atoms with Gasteiger partial charge in [-0.3, -0.25) is 9.36 Å². The maximum Gasteiger partial charge on any atom is 0.261 e. The number of hydrogen-bond acceptors (Lipinski definition) is 5. The molecule has 0 radical (unpaired) electrons. The highest BCUT2D eigenvalue weighted by atomic mass is 32.1. The average Bonchev–Trinajstić information content (AvgIpc) is 3.25. The molecule has 0 aliphatic carbocycles. The summed E-state index contributed by atoms with van der Waals surface area (Å²) in [7, 11) is 0. The largest absolute Gasteiger partial charge is 0.338 e. The summed E-state index contributed by atoms with van der Waals surface area (Å²) in [4.78, 5) is 24.1. The second kappa shape index (κ2) is 6.75. The van der Waals surface area contributed by atoms with E-state index in [1.807, 2.05) is 12.3 Å². The lowest BCUT2D eigenvalue weighted by Gasteiger charge is -2.26. The lowest BCUT2D eigenvalue weighted by Crippen LogP contribution is -2.33. The third kappa shape index (κ3) is 2.98. The standard InChI is InChI=1S/C18H18F2N4OS/c1-11-10-26-18(21-11)23-8-4-7-14(23)16-22-13-6-3-2-5-12(13)17(25)24(16)9-15(19)20/h2-3,5-6,10,14-15H,4,7-9H2,1H3. The van der Waals surface area contributed by atoms with Crippen LogP contribution in [0.3, 0.4) is 0 Å². The maximum absolute atomic E-state index is 13.2. The molecule has 4 rings (SSSR count). The van der Waals surface area contributed by atoms with Crippen LogP contribution in [0.1, 0.15) is 30.4 Å². The van der Waals surface area contributed by atoms with Crippen LogP contribution in [-0.4, -0.2) is 27.5 Å². The minimum Gasteiger partial charge on any atom is -0.338 e. The van der Waals surface area contributed by atoms with E-state index >= 15 is 0 Å². The predicted molar refractivity (Wildman–Crippen MR) is 98.2 cm³/mol. The van der Waals surface area contributed by atoms with Crippen molar-refractivity contribution >= 4 is 27.4 Å². The third-order valence-corrected chi connectivity index (χ3v) is 5.61. The van der Waals surface area contributed by atoms with E-state index in [9.17, 15) is 13.6 Å². The summed E-state index contributed by atoms with van der Waals surface area (Å²) in [5.41, 5.74) is 1.06. The van der Waals surface area contributed by atoms with E-state index < -0.39 is 18.5 Å². The first-order chi connectivity index (χ1) is 12.5. The number of aryl methyl sites for hydroxylation is 1. The van der Waals surface area contributed by atoms with Crippen molar-refractivity contribution in [2.75, 3.05) is 11.4 Å². The molecule has 136 valence electrons. The van der Waals surface area contributed by atoms with Gasteiger partial charge in [0.2, 0.25) is 0 Å². The van der Waals surface area contributed by atoms with E-state index in [4.69, 9.17) is 0 Å². The van der Waals surface area contributed by atoms with Gasteiger partial charge in [0.1, 0.15) is 5.82 Å². The van der Waals surface area contributed by atoms with Gasteiger partial charge in [-0.05, 0) is 31.9 Å². The zero-order chi connectivity index (χ0) is 18.3. The molecule has 3 aromatic rings. The van der Waals surface area contributed by atoms with Crippen LogP contribution in [0, 0.1) is 6.92 Å². The van der Waals surface area contributed by atoms with Gasteiger partial charge in [0.05, 0.1) is 29.2 Å². The number of hydrogen-bond donors (Lipinski definition) is 0. The monoisotopic (exact) mass is 376 g/mol. The summed E-state index contributed by atoms with van der Waals surface area (Å²) in [6.45, 7) is 2.05. The molecule has 26 heavy (non-hydrogen) atoms. The predicted octanol–water partition coefficient (Wildman–Crippen LogP) is 3.77. The lowest BCUT2D eigenvalue weighted by atomic mass is 10.1. The number of rotatable bonds is 4. The van der Waals surface area contributed by atoms with Crippen molar-refractivity contribution in [2.45, 2.75) is 38.8 Å². The van der Waals surface area contributed by atoms with Crippen LogP contribution in [0.15, 0.2) is 34.4 Å². The zero-order valence-corrected chi connectivity index (χ0v) is 15.0. The first-order valence-electron chi connectivity index (χ1n) is 8.51. The van der Waals surface area contributed by atoms with Gasteiger partial charge in [-0.1, -0.05) is 12.1 Å². The van der Waals surface area contributed by atoms with Crippen molar-refractivity contribution in [1.82, 2.24) is 14.5 Å². The van der Waals surface area contributed by atoms with Crippen LogP contribution in [-0.2, 0) is 6.54 Å². The molecule has 0 spiro atoms. The summed E-state index contributed by atoms with van der Waals surface area (Å²) in [6.07, 6.45) is -0.959.